The van der Waals surface area contributed by atoms with E-state index in [1.165, 1.54) is 27.8 Å². The van der Waals surface area contributed by atoms with Gasteiger partial charge in [0.15, 0.2) is 5.13 Å². The number of fused-ring (bicyclic) bond motifs is 1. The van der Waals surface area contributed by atoms with E-state index >= 15 is 0 Å². The Morgan fingerprint density at radius 2 is 1.78 bits per heavy atom. The molecule has 1 amide bonds. The lowest BCUT2D eigenvalue weighted by Crippen LogP contribution is -2.35. The number of anilines is 1. The second kappa shape index (κ2) is 10.5. The molecule has 2 aromatic heterocycles. The summed E-state index contributed by atoms with van der Waals surface area (Å²) in [6, 6.07) is 17.9. The Labute approximate surface area is 215 Å². The van der Waals surface area contributed by atoms with Gasteiger partial charge in [-0.05, 0) is 67.3 Å². The van der Waals surface area contributed by atoms with Gasteiger partial charge in [0.25, 0.3) is 5.91 Å². The Hall–Kier alpha value is -3.14. The fourth-order valence-corrected chi connectivity index (χ4v) is 6.98. The summed E-state index contributed by atoms with van der Waals surface area (Å²) in [6.07, 6.45) is 5.35. The summed E-state index contributed by atoms with van der Waals surface area (Å²) >= 11 is 1.47. The number of amides is 1. The van der Waals surface area contributed by atoms with E-state index in [2.05, 4.69) is 18.0 Å². The predicted molar refractivity (Wildman–Crippen MR) is 143 cm³/mol. The minimum atomic E-state index is -3.56. The third-order valence-corrected chi connectivity index (χ3v) is 9.41. The quantitative estimate of drug-likeness (QED) is 0.331. The first-order valence-corrected chi connectivity index (χ1v) is 14.4. The zero-order valence-electron chi connectivity index (χ0n) is 20.1. The van der Waals surface area contributed by atoms with E-state index in [0.717, 1.165) is 47.2 Å². The van der Waals surface area contributed by atoms with Crippen molar-refractivity contribution in [3.05, 3.63) is 83.7 Å². The zero-order valence-corrected chi connectivity index (χ0v) is 21.8. The number of para-hydroxylation sites is 1. The summed E-state index contributed by atoms with van der Waals surface area (Å²) < 4.78 is 28.6. The Balaban J connectivity index is 1.48. The summed E-state index contributed by atoms with van der Waals surface area (Å²) in [5.41, 5.74) is 3.18. The first-order chi connectivity index (χ1) is 17.5. The van der Waals surface area contributed by atoms with E-state index in [-0.39, 0.29) is 17.3 Å². The molecule has 7 nitrogen and oxygen atoms in total. The maximum Gasteiger partial charge on any atom is 0.260 e. The van der Waals surface area contributed by atoms with E-state index < -0.39 is 10.0 Å². The Morgan fingerprint density at radius 1 is 1.00 bits per heavy atom. The van der Waals surface area contributed by atoms with Crippen LogP contribution in [0.1, 0.15) is 47.8 Å². The third kappa shape index (κ3) is 4.91. The number of hydrogen-bond donors (Lipinski definition) is 0. The average molecular weight is 521 g/mol. The van der Waals surface area contributed by atoms with Crippen LogP contribution in [0.3, 0.4) is 0 Å². The van der Waals surface area contributed by atoms with Crippen molar-refractivity contribution in [3.8, 4) is 0 Å². The number of rotatable bonds is 7. The zero-order chi connectivity index (χ0) is 25.1. The van der Waals surface area contributed by atoms with Crippen molar-refractivity contribution in [1.82, 2.24) is 14.3 Å². The number of piperidine rings is 1. The van der Waals surface area contributed by atoms with Crippen LogP contribution < -0.4 is 4.90 Å². The molecule has 3 heterocycles. The number of thiazole rings is 1. The van der Waals surface area contributed by atoms with E-state index in [9.17, 15) is 13.2 Å². The van der Waals surface area contributed by atoms with Gasteiger partial charge >= 0.3 is 0 Å². The monoisotopic (exact) mass is 520 g/mol. The van der Waals surface area contributed by atoms with Crippen molar-refractivity contribution < 1.29 is 13.2 Å². The fourth-order valence-electron chi connectivity index (χ4n) is 4.45. The van der Waals surface area contributed by atoms with E-state index in [0.29, 0.717) is 23.8 Å². The average Bonchev–Trinajstić information content (AvgIpc) is 3.37. The molecule has 0 radical (unpaired) electrons. The van der Waals surface area contributed by atoms with Crippen LogP contribution in [0.15, 0.2) is 71.8 Å². The lowest BCUT2D eigenvalue weighted by Gasteiger charge is -2.26. The maximum atomic E-state index is 13.7. The minimum absolute atomic E-state index is 0.213. The van der Waals surface area contributed by atoms with Crippen molar-refractivity contribution >= 4 is 42.6 Å². The van der Waals surface area contributed by atoms with Gasteiger partial charge < -0.3 is 0 Å². The van der Waals surface area contributed by atoms with Crippen LogP contribution in [0.4, 0.5) is 5.13 Å². The second-order valence-corrected chi connectivity index (χ2v) is 11.8. The Kier molecular flexibility index (Phi) is 7.13. The molecule has 186 valence electrons. The summed E-state index contributed by atoms with van der Waals surface area (Å²) in [5, 5.41) is 0.589. The van der Waals surface area contributed by atoms with Crippen molar-refractivity contribution in [2.45, 2.75) is 44.0 Å². The number of hydrogen-bond acceptors (Lipinski definition) is 6. The molecule has 36 heavy (non-hydrogen) atoms. The highest BCUT2D eigenvalue weighted by atomic mass is 32.2. The number of carbonyl (C=O) groups is 1. The lowest BCUT2D eigenvalue weighted by atomic mass is 10.1. The van der Waals surface area contributed by atoms with Crippen molar-refractivity contribution in [1.29, 1.82) is 0 Å². The predicted octanol–water partition coefficient (Wildman–Crippen LogP) is 5.28. The van der Waals surface area contributed by atoms with Gasteiger partial charge in [0.05, 0.1) is 27.4 Å². The summed E-state index contributed by atoms with van der Waals surface area (Å²) in [4.78, 5) is 24.8. The van der Waals surface area contributed by atoms with Crippen LogP contribution in [-0.4, -0.2) is 41.7 Å². The SMILES string of the molecule is CCc1cccc2sc(N(Cc3ccccn3)C(=O)c3ccc(S(=O)(=O)N4CCCCC4)cc3)nc12. The molecule has 0 bridgehead atoms. The number of aromatic nitrogens is 2. The highest BCUT2D eigenvalue weighted by molar-refractivity contribution is 7.89. The molecule has 1 saturated heterocycles. The maximum absolute atomic E-state index is 13.7. The molecule has 0 unspecified atom stereocenters. The molecule has 1 fully saturated rings. The molecule has 9 heteroatoms. The molecule has 0 atom stereocenters. The van der Waals surface area contributed by atoms with Gasteiger partial charge in [-0.3, -0.25) is 14.7 Å². The Morgan fingerprint density at radius 3 is 2.47 bits per heavy atom. The van der Waals surface area contributed by atoms with Crippen LogP contribution in [0.2, 0.25) is 0 Å². The number of sulfonamides is 1. The minimum Gasteiger partial charge on any atom is -0.278 e. The molecule has 0 aliphatic carbocycles. The third-order valence-electron chi connectivity index (χ3n) is 6.45. The number of aryl methyl sites for hydroxylation is 1. The molecular weight excluding hydrogens is 492 g/mol. The first-order valence-electron chi connectivity index (χ1n) is 12.2. The highest BCUT2D eigenvalue weighted by Crippen LogP contribution is 2.33. The molecule has 4 aromatic rings. The first kappa shape index (κ1) is 24.5. The molecule has 0 saturated carbocycles. The number of benzene rings is 2. The molecule has 2 aromatic carbocycles. The van der Waals surface area contributed by atoms with Crippen LogP contribution in [0.5, 0.6) is 0 Å². The second-order valence-electron chi connectivity index (χ2n) is 8.82. The van der Waals surface area contributed by atoms with Crippen LogP contribution in [-0.2, 0) is 23.0 Å². The van der Waals surface area contributed by atoms with Gasteiger partial charge in [-0.15, -0.1) is 0 Å². The molecule has 0 spiro atoms. The topological polar surface area (TPSA) is 83.5 Å². The summed E-state index contributed by atoms with van der Waals surface area (Å²) in [5.74, 6) is -0.250. The summed E-state index contributed by atoms with van der Waals surface area (Å²) in [7, 11) is -3.56. The molecular formula is C27H28N4O3S2. The van der Waals surface area contributed by atoms with E-state index in [1.807, 2.05) is 30.3 Å². The van der Waals surface area contributed by atoms with Gasteiger partial charge in [-0.2, -0.15) is 4.31 Å². The normalized spacial score (nSPS) is 14.7. The van der Waals surface area contributed by atoms with Gasteiger partial charge in [0, 0.05) is 24.8 Å². The van der Waals surface area contributed by atoms with Gasteiger partial charge in [0.2, 0.25) is 10.0 Å². The number of carbonyl (C=O) groups excluding carboxylic acids is 1. The van der Waals surface area contributed by atoms with E-state index in [4.69, 9.17) is 4.98 Å². The Bertz CT molecular complexity index is 1460. The standard InChI is InChI=1S/C27H28N4O3S2/c1-2-20-9-8-11-24-25(20)29-27(35-24)31(19-22-10-4-5-16-28-22)26(32)21-12-14-23(15-13-21)36(33,34)30-17-6-3-7-18-30/h4-5,8-16H,2-3,6-7,17-19H2,1H3. The van der Waals surface area contributed by atoms with Crippen molar-refractivity contribution in [2.75, 3.05) is 18.0 Å². The number of nitrogens with zero attached hydrogens (tertiary/aromatic N) is 4. The number of pyridine rings is 1. The molecule has 1 aliphatic rings. The lowest BCUT2D eigenvalue weighted by molar-refractivity contribution is 0.0984. The molecule has 0 N–H and O–H groups in total. The summed E-state index contributed by atoms with van der Waals surface area (Å²) in [6.45, 7) is 3.43. The van der Waals surface area contributed by atoms with E-state index in [1.54, 1.807) is 23.2 Å². The van der Waals surface area contributed by atoms with Crippen LogP contribution in [0, 0.1) is 0 Å². The van der Waals surface area contributed by atoms with Gasteiger partial charge in [0.1, 0.15) is 0 Å². The van der Waals surface area contributed by atoms with Crippen molar-refractivity contribution in [3.63, 3.8) is 0 Å². The molecule has 1 aliphatic heterocycles. The largest absolute Gasteiger partial charge is 0.278 e. The highest BCUT2D eigenvalue weighted by Gasteiger charge is 2.27. The van der Waals surface area contributed by atoms with Gasteiger partial charge in [-0.1, -0.05) is 42.9 Å². The van der Waals surface area contributed by atoms with Gasteiger partial charge in [-0.25, -0.2) is 13.4 Å². The van der Waals surface area contributed by atoms with Crippen LogP contribution in [0.25, 0.3) is 10.2 Å². The smallest absolute Gasteiger partial charge is 0.260 e. The fraction of sp³-hybridized carbons (Fsp3) is 0.296. The molecule has 5 rings (SSSR count). The van der Waals surface area contributed by atoms with Crippen LogP contribution >= 0.6 is 11.3 Å². The van der Waals surface area contributed by atoms with Crippen molar-refractivity contribution in [2.24, 2.45) is 0 Å².